The minimum atomic E-state index is -4.55. The summed E-state index contributed by atoms with van der Waals surface area (Å²) in [6.07, 6.45) is -0.445. The molecule has 2 aromatic heterocycles. The van der Waals surface area contributed by atoms with Gasteiger partial charge in [0.25, 0.3) is 5.91 Å². The monoisotopic (exact) mass is 573 g/mol. The summed E-state index contributed by atoms with van der Waals surface area (Å²) in [6.45, 7) is 5.52. The van der Waals surface area contributed by atoms with Crippen LogP contribution in [-0.2, 0) is 11.0 Å². The first kappa shape index (κ1) is 28.8. The zero-order valence-electron chi connectivity index (χ0n) is 23.1. The van der Waals surface area contributed by atoms with E-state index in [4.69, 9.17) is 4.74 Å². The molecule has 5 rings (SSSR count). The van der Waals surface area contributed by atoms with Gasteiger partial charge in [0, 0.05) is 23.3 Å². The largest absolute Gasteiger partial charge is 0.493 e. The van der Waals surface area contributed by atoms with Crippen LogP contribution in [0.4, 0.5) is 13.2 Å². The number of aliphatic hydroxyl groups excluding tert-OH is 1. The van der Waals surface area contributed by atoms with E-state index in [0.717, 1.165) is 25.0 Å². The Labute approximate surface area is 235 Å². The number of aromatic nitrogens is 3. The molecule has 4 N–H and O–H groups in total. The molecule has 1 aromatic carbocycles. The molecule has 3 aromatic rings. The van der Waals surface area contributed by atoms with Crippen molar-refractivity contribution in [3.63, 3.8) is 0 Å². The van der Waals surface area contributed by atoms with Crippen molar-refractivity contribution >= 4 is 22.8 Å². The van der Waals surface area contributed by atoms with Gasteiger partial charge in [-0.3, -0.25) is 9.59 Å². The predicted octanol–water partition coefficient (Wildman–Crippen LogP) is 4.52. The molecule has 2 aliphatic rings. The maximum atomic E-state index is 13.6. The first-order valence-electron chi connectivity index (χ1n) is 13.9. The van der Waals surface area contributed by atoms with Crippen molar-refractivity contribution < 1.29 is 32.6 Å². The second kappa shape index (κ2) is 11.3. The zero-order chi connectivity index (χ0) is 29.5. The Morgan fingerprint density at radius 2 is 1.93 bits per heavy atom. The molecular formula is C29H34F3N5O4. The van der Waals surface area contributed by atoms with Crippen LogP contribution in [-0.4, -0.2) is 56.7 Å². The van der Waals surface area contributed by atoms with Crippen LogP contribution in [0.1, 0.15) is 67.6 Å². The minimum absolute atomic E-state index is 0.0738. The fourth-order valence-electron chi connectivity index (χ4n) is 5.42. The van der Waals surface area contributed by atoms with Crippen molar-refractivity contribution in [2.24, 2.45) is 11.8 Å². The van der Waals surface area contributed by atoms with Gasteiger partial charge in [0.1, 0.15) is 29.4 Å². The zero-order valence-corrected chi connectivity index (χ0v) is 23.1. The molecule has 0 bridgehead atoms. The fraction of sp³-hybridized carbons (Fsp3) is 0.517. The lowest BCUT2D eigenvalue weighted by molar-refractivity contribution is -0.137. The van der Waals surface area contributed by atoms with Crippen LogP contribution in [0.3, 0.4) is 0 Å². The molecule has 0 unspecified atom stereocenters. The number of aryl methyl sites for hydroxylation is 1. The molecule has 41 heavy (non-hydrogen) atoms. The number of alkyl halides is 3. The number of halogens is 3. The highest BCUT2D eigenvalue weighted by atomic mass is 19.4. The molecule has 2 saturated carbocycles. The lowest BCUT2D eigenvalue weighted by Gasteiger charge is -2.35. The number of fused-ring (bicyclic) bond motifs is 1. The number of aromatic amines is 1. The summed E-state index contributed by atoms with van der Waals surface area (Å²) >= 11 is 0. The number of ether oxygens (including phenoxy) is 1. The molecule has 2 fully saturated rings. The van der Waals surface area contributed by atoms with E-state index < -0.39 is 23.8 Å². The van der Waals surface area contributed by atoms with Gasteiger partial charge in [-0.2, -0.15) is 13.2 Å². The molecule has 2 amide bonds. The molecule has 12 heteroatoms. The Hall–Kier alpha value is -3.67. The van der Waals surface area contributed by atoms with Crippen LogP contribution < -0.4 is 15.4 Å². The third kappa shape index (κ3) is 6.32. The molecule has 2 heterocycles. The van der Waals surface area contributed by atoms with Gasteiger partial charge >= 0.3 is 6.18 Å². The van der Waals surface area contributed by atoms with Crippen LogP contribution in [0.15, 0.2) is 24.5 Å². The molecule has 0 saturated heterocycles. The molecule has 220 valence electrons. The van der Waals surface area contributed by atoms with Crippen molar-refractivity contribution in [1.29, 1.82) is 0 Å². The van der Waals surface area contributed by atoms with Crippen molar-refractivity contribution in [2.75, 3.05) is 6.61 Å². The molecule has 0 aliphatic heterocycles. The second-order valence-electron chi connectivity index (χ2n) is 11.3. The van der Waals surface area contributed by atoms with Gasteiger partial charge in [0.15, 0.2) is 0 Å². The van der Waals surface area contributed by atoms with E-state index in [1.54, 1.807) is 6.92 Å². The number of hydrogen-bond donors (Lipinski definition) is 4. The van der Waals surface area contributed by atoms with Crippen LogP contribution in [0.5, 0.6) is 5.75 Å². The number of rotatable bonds is 8. The van der Waals surface area contributed by atoms with Crippen molar-refractivity contribution in [1.82, 2.24) is 25.6 Å². The van der Waals surface area contributed by atoms with Crippen LogP contribution in [0.25, 0.3) is 22.3 Å². The molecular weight excluding hydrogens is 539 g/mol. The van der Waals surface area contributed by atoms with Gasteiger partial charge in [-0.1, -0.05) is 6.92 Å². The summed E-state index contributed by atoms with van der Waals surface area (Å²) < 4.78 is 46.8. The Morgan fingerprint density at radius 3 is 2.59 bits per heavy atom. The smallest absolute Gasteiger partial charge is 0.416 e. The normalized spacial score (nSPS) is 21.9. The fourth-order valence-corrected chi connectivity index (χ4v) is 5.42. The van der Waals surface area contributed by atoms with E-state index in [9.17, 15) is 27.9 Å². The summed E-state index contributed by atoms with van der Waals surface area (Å²) in [5, 5.41) is 15.4. The summed E-state index contributed by atoms with van der Waals surface area (Å²) in [6, 6.07) is 3.09. The molecule has 0 radical (unpaired) electrons. The third-order valence-corrected chi connectivity index (χ3v) is 7.94. The van der Waals surface area contributed by atoms with E-state index in [1.807, 2.05) is 6.92 Å². The number of H-pyrrole nitrogens is 1. The lowest BCUT2D eigenvalue weighted by atomic mass is 9.82. The van der Waals surface area contributed by atoms with Crippen molar-refractivity contribution in [3.8, 4) is 17.0 Å². The quantitative estimate of drug-likeness (QED) is 0.314. The molecule has 2 aliphatic carbocycles. The number of benzene rings is 1. The third-order valence-electron chi connectivity index (χ3n) is 7.94. The average molecular weight is 574 g/mol. The first-order chi connectivity index (χ1) is 19.4. The van der Waals surface area contributed by atoms with Crippen LogP contribution in [0, 0.1) is 18.8 Å². The van der Waals surface area contributed by atoms with Crippen molar-refractivity contribution in [2.45, 2.75) is 77.2 Å². The number of carbonyl (C=O) groups excluding carboxylic acids is 2. The summed E-state index contributed by atoms with van der Waals surface area (Å²) in [4.78, 5) is 37.2. The molecule has 4 atom stereocenters. The number of aliphatic hydroxyl groups is 1. The van der Waals surface area contributed by atoms with E-state index in [2.05, 4.69) is 25.6 Å². The summed E-state index contributed by atoms with van der Waals surface area (Å²) in [7, 11) is 0. The topological polar surface area (TPSA) is 129 Å². The Kier molecular flexibility index (Phi) is 7.95. The highest BCUT2D eigenvalue weighted by Gasteiger charge is 2.34. The minimum Gasteiger partial charge on any atom is -0.493 e. The average Bonchev–Trinajstić information content (AvgIpc) is 3.67. The van der Waals surface area contributed by atoms with Gasteiger partial charge in [-0.25, -0.2) is 9.97 Å². The highest BCUT2D eigenvalue weighted by molar-refractivity contribution is 6.09. The maximum absolute atomic E-state index is 13.6. The Balaban J connectivity index is 1.41. The van der Waals surface area contributed by atoms with E-state index in [-0.39, 0.29) is 40.9 Å². The van der Waals surface area contributed by atoms with E-state index in [0.29, 0.717) is 54.1 Å². The van der Waals surface area contributed by atoms with Gasteiger partial charge in [-0.15, -0.1) is 0 Å². The predicted molar refractivity (Wildman–Crippen MR) is 145 cm³/mol. The van der Waals surface area contributed by atoms with Gasteiger partial charge < -0.3 is 25.5 Å². The SMILES string of the molecule is Cc1[nH]c2c(-c3cc(C(F)(F)F)ccc3OCC3CC3)ncnc2c1C(=O)N[C@@H]1CC[C@H](NC(=O)[C@H](C)O)[C@H](C)C1. The standard InChI is InChI=1S/C29H34F3N5O4/c1-14-10-19(7-8-21(14)37-27(39)16(3)38)36-28(40)23-15(2)35-26-24(33-13-34-25(23)26)20-11-18(29(30,31)32)6-9-22(20)41-12-17-4-5-17/h6,9,11,13-14,16-17,19,21,35,38H,4-5,7-8,10,12H2,1-3H3,(H,36,40)(H,37,39)/t14-,16+,19-,21+/m1/s1. The number of nitrogens with one attached hydrogen (secondary N) is 3. The van der Waals surface area contributed by atoms with Crippen molar-refractivity contribution in [3.05, 3.63) is 41.3 Å². The van der Waals surface area contributed by atoms with Gasteiger partial charge in [0.2, 0.25) is 5.91 Å². The number of nitrogens with zero attached hydrogens (tertiary/aromatic N) is 2. The highest BCUT2D eigenvalue weighted by Crippen LogP contribution is 2.40. The number of hydrogen-bond acceptors (Lipinski definition) is 6. The molecule has 9 nitrogen and oxygen atoms in total. The van der Waals surface area contributed by atoms with Gasteiger partial charge in [0.05, 0.1) is 23.3 Å². The second-order valence-corrected chi connectivity index (χ2v) is 11.3. The van der Waals surface area contributed by atoms with Gasteiger partial charge in [-0.05, 0) is 76.0 Å². The number of amides is 2. The van der Waals surface area contributed by atoms with E-state index >= 15 is 0 Å². The first-order valence-corrected chi connectivity index (χ1v) is 13.9. The van der Waals surface area contributed by atoms with Crippen LogP contribution in [0.2, 0.25) is 0 Å². The van der Waals surface area contributed by atoms with Crippen LogP contribution >= 0.6 is 0 Å². The Morgan fingerprint density at radius 1 is 1.17 bits per heavy atom. The summed E-state index contributed by atoms with van der Waals surface area (Å²) in [5.74, 6) is -0.0143. The summed E-state index contributed by atoms with van der Waals surface area (Å²) in [5.41, 5.74) is 1.04. The lowest BCUT2D eigenvalue weighted by Crippen LogP contribution is -2.49. The molecule has 0 spiro atoms. The maximum Gasteiger partial charge on any atom is 0.416 e. The Bertz CT molecular complexity index is 1450. The number of carbonyl (C=O) groups is 2. The van der Waals surface area contributed by atoms with E-state index in [1.165, 1.54) is 19.3 Å².